The number of rotatable bonds is 5. The van der Waals surface area contributed by atoms with Gasteiger partial charge in [0, 0.05) is 6.54 Å². The van der Waals surface area contributed by atoms with E-state index < -0.39 is 4.92 Å². The minimum absolute atomic E-state index is 0.0702. The zero-order valence-corrected chi connectivity index (χ0v) is 11.9. The summed E-state index contributed by atoms with van der Waals surface area (Å²) in [7, 11) is 0. The Labute approximate surface area is 122 Å². The molecule has 7 nitrogen and oxygen atoms in total. The van der Waals surface area contributed by atoms with Crippen molar-refractivity contribution in [2.24, 2.45) is 0 Å². The summed E-state index contributed by atoms with van der Waals surface area (Å²) in [6.07, 6.45) is 1.40. The van der Waals surface area contributed by atoms with E-state index in [0.29, 0.717) is 6.54 Å². The van der Waals surface area contributed by atoms with Gasteiger partial charge in [0.15, 0.2) is 0 Å². The number of hydrogen-bond acceptors (Lipinski definition) is 4. The molecule has 0 aliphatic carbocycles. The molecule has 1 N–H and O–H groups in total. The summed E-state index contributed by atoms with van der Waals surface area (Å²) in [5.41, 5.74) is 0.980. The molecule has 20 heavy (non-hydrogen) atoms. The van der Waals surface area contributed by atoms with Gasteiger partial charge in [-0.3, -0.25) is 4.79 Å². The number of halogens is 1. The SMILES string of the molecule is O=C(Cn1cc(Br)c([N+](=O)[O-])n1)NCc1ccccc1. The van der Waals surface area contributed by atoms with Crippen molar-refractivity contribution in [3.63, 3.8) is 0 Å². The average Bonchev–Trinajstić information content (AvgIpc) is 2.78. The molecule has 1 heterocycles. The minimum atomic E-state index is -0.609. The molecule has 0 saturated heterocycles. The van der Waals surface area contributed by atoms with Crippen LogP contribution in [0.4, 0.5) is 5.82 Å². The number of carbonyl (C=O) groups excluding carboxylic acids is 1. The second kappa shape index (κ2) is 6.29. The van der Waals surface area contributed by atoms with Gasteiger partial charge < -0.3 is 15.4 Å². The van der Waals surface area contributed by atoms with Crippen molar-refractivity contribution in [2.75, 3.05) is 0 Å². The van der Waals surface area contributed by atoms with Crippen molar-refractivity contribution in [2.45, 2.75) is 13.1 Å². The Morgan fingerprint density at radius 1 is 1.40 bits per heavy atom. The summed E-state index contributed by atoms with van der Waals surface area (Å²) < 4.78 is 1.47. The largest absolute Gasteiger partial charge is 0.404 e. The molecule has 0 bridgehead atoms. The fraction of sp³-hybridized carbons (Fsp3) is 0.167. The maximum absolute atomic E-state index is 11.7. The van der Waals surface area contributed by atoms with E-state index in [4.69, 9.17) is 0 Å². The fourth-order valence-electron chi connectivity index (χ4n) is 1.59. The summed E-state index contributed by atoms with van der Waals surface area (Å²) in [5.74, 6) is -0.570. The summed E-state index contributed by atoms with van der Waals surface area (Å²) in [4.78, 5) is 21.7. The lowest BCUT2D eigenvalue weighted by atomic mass is 10.2. The number of hydrogen-bond donors (Lipinski definition) is 1. The maximum atomic E-state index is 11.7. The van der Waals surface area contributed by atoms with Crippen LogP contribution in [0.15, 0.2) is 41.0 Å². The second-order valence-electron chi connectivity index (χ2n) is 4.02. The first kappa shape index (κ1) is 14.2. The van der Waals surface area contributed by atoms with Crippen LogP contribution in [0.25, 0.3) is 0 Å². The molecule has 0 atom stereocenters. The molecular formula is C12H11BrN4O3. The van der Waals surface area contributed by atoms with E-state index in [1.165, 1.54) is 10.9 Å². The number of nitrogens with zero attached hydrogens (tertiary/aromatic N) is 3. The Morgan fingerprint density at radius 2 is 2.10 bits per heavy atom. The van der Waals surface area contributed by atoms with E-state index in [0.717, 1.165) is 5.56 Å². The third-order valence-corrected chi connectivity index (χ3v) is 3.07. The Balaban J connectivity index is 1.92. The molecule has 0 unspecified atom stereocenters. The van der Waals surface area contributed by atoms with Gasteiger partial charge in [0.05, 0.1) is 11.3 Å². The third kappa shape index (κ3) is 3.64. The van der Waals surface area contributed by atoms with Crippen molar-refractivity contribution in [1.82, 2.24) is 15.1 Å². The molecule has 1 amide bonds. The van der Waals surface area contributed by atoms with Gasteiger partial charge in [-0.25, -0.2) is 0 Å². The van der Waals surface area contributed by atoms with Crippen LogP contribution in [-0.4, -0.2) is 20.6 Å². The van der Waals surface area contributed by atoms with E-state index in [1.807, 2.05) is 30.3 Å². The predicted molar refractivity (Wildman–Crippen MR) is 74.9 cm³/mol. The van der Waals surface area contributed by atoms with Gasteiger partial charge in [0.1, 0.15) is 11.0 Å². The Kier molecular flexibility index (Phi) is 4.46. The standard InChI is InChI=1S/C12H11BrN4O3/c13-10-7-16(15-12(10)17(19)20)8-11(18)14-6-9-4-2-1-3-5-9/h1-5,7H,6,8H2,(H,14,18). The zero-order valence-electron chi connectivity index (χ0n) is 10.3. The molecule has 2 aromatic rings. The molecule has 0 saturated carbocycles. The van der Waals surface area contributed by atoms with Crippen LogP contribution in [0.1, 0.15) is 5.56 Å². The molecule has 8 heteroatoms. The van der Waals surface area contributed by atoms with E-state index in [1.54, 1.807) is 0 Å². The molecule has 104 valence electrons. The highest BCUT2D eigenvalue weighted by Gasteiger charge is 2.19. The lowest BCUT2D eigenvalue weighted by molar-refractivity contribution is -0.390. The quantitative estimate of drug-likeness (QED) is 0.665. The maximum Gasteiger partial charge on any atom is 0.404 e. The van der Waals surface area contributed by atoms with Crippen molar-refractivity contribution in [3.8, 4) is 0 Å². The van der Waals surface area contributed by atoms with E-state index >= 15 is 0 Å². The number of carbonyl (C=O) groups is 1. The third-order valence-electron chi connectivity index (χ3n) is 2.51. The van der Waals surface area contributed by atoms with Crippen molar-refractivity contribution in [1.29, 1.82) is 0 Å². The highest BCUT2D eigenvalue weighted by atomic mass is 79.9. The molecule has 0 aliphatic rings. The van der Waals surface area contributed by atoms with Gasteiger partial charge in [-0.15, -0.1) is 0 Å². The van der Waals surface area contributed by atoms with E-state index in [2.05, 4.69) is 26.3 Å². The molecule has 0 radical (unpaired) electrons. The van der Waals surface area contributed by atoms with E-state index in [-0.39, 0.29) is 22.7 Å². The molecule has 1 aromatic heterocycles. The number of nitro groups is 1. The number of amides is 1. The topological polar surface area (TPSA) is 90.1 Å². The Hall–Kier alpha value is -2.22. The van der Waals surface area contributed by atoms with Gasteiger partial charge in [0.2, 0.25) is 5.91 Å². The van der Waals surface area contributed by atoms with Crippen LogP contribution in [-0.2, 0) is 17.9 Å². The number of aromatic nitrogens is 2. The average molecular weight is 339 g/mol. The first-order valence-corrected chi connectivity index (χ1v) is 6.53. The van der Waals surface area contributed by atoms with Crippen LogP contribution in [0, 0.1) is 10.1 Å². The molecular weight excluding hydrogens is 328 g/mol. The molecule has 1 aromatic carbocycles. The highest BCUT2D eigenvalue weighted by molar-refractivity contribution is 9.10. The molecule has 0 spiro atoms. The van der Waals surface area contributed by atoms with Crippen LogP contribution in [0.3, 0.4) is 0 Å². The number of benzene rings is 1. The van der Waals surface area contributed by atoms with Gasteiger partial charge in [-0.05, 0) is 26.4 Å². The summed E-state index contributed by atoms with van der Waals surface area (Å²) >= 11 is 3.03. The summed E-state index contributed by atoms with van der Waals surface area (Å²) in [5, 5.41) is 17.1. The van der Waals surface area contributed by atoms with Crippen molar-refractivity contribution < 1.29 is 9.72 Å². The van der Waals surface area contributed by atoms with Crippen LogP contribution >= 0.6 is 15.9 Å². The molecule has 0 fully saturated rings. The van der Waals surface area contributed by atoms with E-state index in [9.17, 15) is 14.9 Å². The van der Waals surface area contributed by atoms with Gasteiger partial charge in [0.25, 0.3) is 0 Å². The second-order valence-corrected chi connectivity index (χ2v) is 4.87. The minimum Gasteiger partial charge on any atom is -0.358 e. The van der Waals surface area contributed by atoms with Crippen molar-refractivity contribution in [3.05, 3.63) is 56.7 Å². The predicted octanol–water partition coefficient (Wildman–Crippen LogP) is 1.87. The lowest BCUT2D eigenvalue weighted by Crippen LogP contribution is -2.27. The normalized spacial score (nSPS) is 10.2. The van der Waals surface area contributed by atoms with Gasteiger partial charge in [-0.1, -0.05) is 30.3 Å². The smallest absolute Gasteiger partial charge is 0.358 e. The zero-order chi connectivity index (χ0) is 14.5. The Morgan fingerprint density at radius 3 is 2.70 bits per heavy atom. The van der Waals surface area contributed by atoms with Crippen molar-refractivity contribution >= 4 is 27.7 Å². The lowest BCUT2D eigenvalue weighted by Gasteiger charge is -2.03. The molecule has 0 aliphatic heterocycles. The summed E-state index contributed by atoms with van der Waals surface area (Å²) in [6.45, 7) is 0.337. The Bertz CT molecular complexity index is 627. The van der Waals surface area contributed by atoms with Gasteiger partial charge >= 0.3 is 5.82 Å². The molecule has 2 rings (SSSR count). The fourth-order valence-corrected chi connectivity index (χ4v) is 2.05. The number of nitrogens with one attached hydrogen (secondary N) is 1. The summed E-state index contributed by atoms with van der Waals surface area (Å²) in [6, 6.07) is 9.46. The van der Waals surface area contributed by atoms with Crippen LogP contribution in [0.2, 0.25) is 0 Å². The van der Waals surface area contributed by atoms with Crippen LogP contribution in [0.5, 0.6) is 0 Å². The monoisotopic (exact) mass is 338 g/mol. The first-order valence-electron chi connectivity index (χ1n) is 5.74. The van der Waals surface area contributed by atoms with Crippen LogP contribution < -0.4 is 5.32 Å². The van der Waals surface area contributed by atoms with Gasteiger partial charge in [-0.2, -0.15) is 4.68 Å². The highest BCUT2D eigenvalue weighted by Crippen LogP contribution is 2.21. The first-order chi connectivity index (χ1) is 9.56.